The topological polar surface area (TPSA) is 53.1 Å². The Hall–Kier alpha value is -1.46. The average molecular weight is 249 g/mol. The molecule has 1 heterocycles. The van der Waals surface area contributed by atoms with Crippen molar-refractivity contribution in [3.05, 3.63) is 36.7 Å². The normalized spacial score (nSPS) is 10.5. The lowest BCUT2D eigenvalue weighted by Gasteiger charge is -2.08. The van der Waals surface area contributed by atoms with Crippen molar-refractivity contribution in [2.24, 2.45) is 5.73 Å². The molecule has 2 N–H and O–H groups in total. The molecule has 0 saturated heterocycles. The lowest BCUT2D eigenvalue weighted by Crippen LogP contribution is -2.03. The van der Waals surface area contributed by atoms with Crippen LogP contribution in [-0.2, 0) is 0 Å². The van der Waals surface area contributed by atoms with Gasteiger partial charge in [-0.15, -0.1) is 0 Å². The number of benzene rings is 1. The minimum Gasteiger partial charge on any atom is -0.497 e. The summed E-state index contributed by atoms with van der Waals surface area (Å²) in [4.78, 5) is 4.32. The fraction of sp³-hybridized carbons (Fsp3) is 0.250. The number of methoxy groups -OCH3 is 1. The van der Waals surface area contributed by atoms with Crippen LogP contribution >= 0.6 is 11.8 Å². The number of nitrogens with zero attached hydrogens (tertiary/aromatic N) is 2. The largest absolute Gasteiger partial charge is 0.497 e. The molecule has 0 spiro atoms. The highest BCUT2D eigenvalue weighted by atomic mass is 32.2. The number of thioether (sulfide) groups is 1. The third-order valence-corrected chi connectivity index (χ3v) is 3.29. The van der Waals surface area contributed by atoms with E-state index in [1.54, 1.807) is 25.1 Å². The lowest BCUT2D eigenvalue weighted by atomic mass is 10.3. The Labute approximate surface area is 105 Å². The summed E-state index contributed by atoms with van der Waals surface area (Å²) in [5.74, 6) is 1.70. The first kappa shape index (κ1) is 12.0. The van der Waals surface area contributed by atoms with E-state index in [1.165, 1.54) is 0 Å². The lowest BCUT2D eigenvalue weighted by molar-refractivity contribution is 0.414. The van der Waals surface area contributed by atoms with Gasteiger partial charge in [0.1, 0.15) is 5.75 Å². The Balaban J connectivity index is 2.28. The van der Waals surface area contributed by atoms with Gasteiger partial charge in [-0.2, -0.15) is 0 Å². The van der Waals surface area contributed by atoms with Crippen molar-refractivity contribution >= 4 is 11.8 Å². The molecule has 17 heavy (non-hydrogen) atoms. The van der Waals surface area contributed by atoms with Crippen molar-refractivity contribution in [3.63, 3.8) is 0 Å². The van der Waals surface area contributed by atoms with E-state index in [-0.39, 0.29) is 0 Å². The molecule has 0 bridgehead atoms. The predicted octanol–water partition coefficient (Wildman–Crippen LogP) is 1.93. The zero-order chi connectivity index (χ0) is 12.1. The molecule has 1 aromatic carbocycles. The smallest absolute Gasteiger partial charge is 0.172 e. The van der Waals surface area contributed by atoms with Crippen LogP contribution in [0.3, 0.4) is 0 Å². The number of imidazole rings is 1. The summed E-state index contributed by atoms with van der Waals surface area (Å²) >= 11 is 1.65. The van der Waals surface area contributed by atoms with E-state index in [4.69, 9.17) is 10.5 Å². The number of hydrogen-bond acceptors (Lipinski definition) is 4. The van der Waals surface area contributed by atoms with Crippen LogP contribution in [0.25, 0.3) is 5.69 Å². The third-order valence-electron chi connectivity index (χ3n) is 2.29. The van der Waals surface area contributed by atoms with Gasteiger partial charge in [0.2, 0.25) is 0 Å². The number of nitrogens with two attached hydrogens (primary N) is 1. The summed E-state index contributed by atoms with van der Waals surface area (Å²) in [6, 6.07) is 7.89. The minimum atomic E-state index is 0.648. The van der Waals surface area contributed by atoms with Crippen LogP contribution in [0.1, 0.15) is 0 Å². The van der Waals surface area contributed by atoms with E-state index < -0.39 is 0 Å². The molecular weight excluding hydrogens is 234 g/mol. The van der Waals surface area contributed by atoms with Gasteiger partial charge in [0, 0.05) is 30.8 Å². The van der Waals surface area contributed by atoms with Gasteiger partial charge >= 0.3 is 0 Å². The van der Waals surface area contributed by atoms with Crippen LogP contribution in [0, 0.1) is 0 Å². The SMILES string of the molecule is COc1cccc(-n2ccnc2SCCN)c1. The van der Waals surface area contributed by atoms with E-state index in [0.717, 1.165) is 22.3 Å². The van der Waals surface area contributed by atoms with Crippen molar-refractivity contribution < 1.29 is 4.74 Å². The van der Waals surface area contributed by atoms with E-state index >= 15 is 0 Å². The fourth-order valence-electron chi connectivity index (χ4n) is 1.50. The van der Waals surface area contributed by atoms with Crippen molar-refractivity contribution in [1.82, 2.24) is 9.55 Å². The first-order valence-electron chi connectivity index (χ1n) is 5.36. The van der Waals surface area contributed by atoms with Crippen LogP contribution in [0.5, 0.6) is 5.75 Å². The highest BCUT2D eigenvalue weighted by Gasteiger charge is 2.05. The second-order valence-corrected chi connectivity index (χ2v) is 4.48. The molecule has 0 saturated carbocycles. The van der Waals surface area contributed by atoms with Gasteiger partial charge in [0.25, 0.3) is 0 Å². The Bertz CT molecular complexity index is 484. The third kappa shape index (κ3) is 2.81. The molecule has 0 aliphatic heterocycles. The first-order valence-corrected chi connectivity index (χ1v) is 6.34. The predicted molar refractivity (Wildman–Crippen MR) is 69.9 cm³/mol. The molecule has 0 aliphatic carbocycles. The molecule has 0 aliphatic rings. The van der Waals surface area contributed by atoms with Gasteiger partial charge in [-0.25, -0.2) is 4.98 Å². The summed E-state index contributed by atoms with van der Waals surface area (Å²) < 4.78 is 7.24. The van der Waals surface area contributed by atoms with Gasteiger partial charge < -0.3 is 10.5 Å². The van der Waals surface area contributed by atoms with Crippen LogP contribution < -0.4 is 10.5 Å². The Morgan fingerprint density at radius 1 is 1.47 bits per heavy atom. The van der Waals surface area contributed by atoms with Crippen molar-refractivity contribution in [3.8, 4) is 11.4 Å². The van der Waals surface area contributed by atoms with E-state index in [1.807, 2.05) is 35.0 Å². The fourth-order valence-corrected chi connectivity index (χ4v) is 2.24. The zero-order valence-corrected chi connectivity index (χ0v) is 10.5. The molecule has 0 radical (unpaired) electrons. The van der Waals surface area contributed by atoms with E-state index in [0.29, 0.717) is 6.54 Å². The zero-order valence-electron chi connectivity index (χ0n) is 9.67. The van der Waals surface area contributed by atoms with Crippen molar-refractivity contribution in [1.29, 1.82) is 0 Å². The number of hydrogen-bond donors (Lipinski definition) is 1. The summed E-state index contributed by atoms with van der Waals surface area (Å²) in [7, 11) is 1.66. The minimum absolute atomic E-state index is 0.648. The highest BCUT2D eigenvalue weighted by molar-refractivity contribution is 7.99. The summed E-state index contributed by atoms with van der Waals surface area (Å²) in [6.07, 6.45) is 3.73. The molecular formula is C12H15N3OS. The summed E-state index contributed by atoms with van der Waals surface area (Å²) in [6.45, 7) is 0.648. The number of rotatable bonds is 5. The maximum atomic E-state index is 5.50. The standard InChI is InChI=1S/C12H15N3OS/c1-16-11-4-2-3-10(9-11)15-7-6-14-12(15)17-8-5-13/h2-4,6-7,9H,5,8,13H2,1H3. The van der Waals surface area contributed by atoms with Crippen LogP contribution in [-0.4, -0.2) is 29.0 Å². The maximum Gasteiger partial charge on any atom is 0.172 e. The van der Waals surface area contributed by atoms with Crippen LogP contribution in [0.2, 0.25) is 0 Å². The quantitative estimate of drug-likeness (QED) is 0.823. The van der Waals surface area contributed by atoms with Gasteiger partial charge in [-0.3, -0.25) is 4.57 Å². The van der Waals surface area contributed by atoms with Crippen LogP contribution in [0.15, 0.2) is 41.8 Å². The molecule has 0 unspecified atom stereocenters. The molecule has 1 aromatic heterocycles. The summed E-state index contributed by atoms with van der Waals surface area (Å²) in [5, 5.41) is 0.948. The Morgan fingerprint density at radius 2 is 2.35 bits per heavy atom. The molecule has 0 fully saturated rings. The Morgan fingerprint density at radius 3 is 3.12 bits per heavy atom. The molecule has 2 rings (SSSR count). The second kappa shape index (κ2) is 5.75. The van der Waals surface area contributed by atoms with E-state index in [9.17, 15) is 0 Å². The molecule has 4 nitrogen and oxygen atoms in total. The molecule has 2 aromatic rings. The molecule has 5 heteroatoms. The Kier molecular flexibility index (Phi) is 4.06. The van der Waals surface area contributed by atoms with Crippen LogP contribution in [0.4, 0.5) is 0 Å². The highest BCUT2D eigenvalue weighted by Crippen LogP contribution is 2.22. The van der Waals surface area contributed by atoms with E-state index in [2.05, 4.69) is 4.98 Å². The molecule has 0 amide bonds. The van der Waals surface area contributed by atoms with Crippen molar-refractivity contribution in [2.75, 3.05) is 19.4 Å². The second-order valence-electron chi connectivity index (χ2n) is 3.42. The maximum absolute atomic E-state index is 5.50. The van der Waals surface area contributed by atoms with Gasteiger partial charge in [-0.05, 0) is 12.1 Å². The van der Waals surface area contributed by atoms with Gasteiger partial charge in [0.15, 0.2) is 5.16 Å². The first-order chi connectivity index (χ1) is 8.35. The van der Waals surface area contributed by atoms with Gasteiger partial charge in [0.05, 0.1) is 12.8 Å². The number of aromatic nitrogens is 2. The van der Waals surface area contributed by atoms with Gasteiger partial charge in [-0.1, -0.05) is 17.8 Å². The van der Waals surface area contributed by atoms with Crippen molar-refractivity contribution in [2.45, 2.75) is 5.16 Å². The average Bonchev–Trinajstić information content (AvgIpc) is 2.84. The molecule has 90 valence electrons. The number of ether oxygens (including phenoxy) is 1. The monoisotopic (exact) mass is 249 g/mol. The molecule has 0 atom stereocenters. The summed E-state index contributed by atoms with van der Waals surface area (Å²) in [5.41, 5.74) is 6.54.